The van der Waals surface area contributed by atoms with Gasteiger partial charge >= 0.3 is 5.69 Å². The molecule has 0 spiro atoms. The van der Waals surface area contributed by atoms with E-state index in [4.69, 9.17) is 4.98 Å². The molecule has 5 rings (SSSR count). The molecule has 1 aromatic carbocycles. The van der Waals surface area contributed by atoms with Gasteiger partial charge in [-0.25, -0.2) is 14.8 Å². The van der Waals surface area contributed by atoms with E-state index in [-0.39, 0.29) is 5.69 Å². The van der Waals surface area contributed by atoms with Crippen LogP contribution in [0, 0.1) is 0 Å². The monoisotopic (exact) mass is 375 g/mol. The Labute approximate surface area is 161 Å². The van der Waals surface area contributed by atoms with Crippen LogP contribution in [0.2, 0.25) is 0 Å². The van der Waals surface area contributed by atoms with Crippen LogP contribution >= 0.6 is 0 Å². The third-order valence-corrected chi connectivity index (χ3v) is 5.30. The van der Waals surface area contributed by atoms with E-state index in [1.54, 1.807) is 9.25 Å². The van der Waals surface area contributed by atoms with Crippen molar-refractivity contribution in [3.63, 3.8) is 0 Å². The summed E-state index contributed by atoms with van der Waals surface area (Å²) >= 11 is 0. The number of aromatic amines is 1. The van der Waals surface area contributed by atoms with Gasteiger partial charge < -0.3 is 9.88 Å². The molecule has 0 saturated carbocycles. The van der Waals surface area contributed by atoms with E-state index in [0.29, 0.717) is 6.54 Å². The van der Waals surface area contributed by atoms with Crippen molar-refractivity contribution >= 4 is 33.6 Å². The fourth-order valence-electron chi connectivity index (χ4n) is 3.84. The molecule has 0 unspecified atom stereocenters. The summed E-state index contributed by atoms with van der Waals surface area (Å²) in [4.78, 5) is 27.0. The Balaban J connectivity index is 1.54. The van der Waals surface area contributed by atoms with Crippen molar-refractivity contribution in [1.82, 2.24) is 29.3 Å². The summed E-state index contributed by atoms with van der Waals surface area (Å²) < 4.78 is 3.57. The Kier molecular flexibility index (Phi) is 3.78. The van der Waals surface area contributed by atoms with Crippen LogP contribution in [0.5, 0.6) is 0 Å². The number of para-hydroxylation sites is 2. The maximum absolute atomic E-state index is 12.5. The molecule has 1 N–H and O–H groups in total. The number of anilines is 1. The van der Waals surface area contributed by atoms with Gasteiger partial charge in [0, 0.05) is 38.7 Å². The highest BCUT2D eigenvalue weighted by Gasteiger charge is 2.21. The number of fused-ring (bicyclic) bond motifs is 2. The molecule has 4 aromatic rings. The molecule has 142 valence electrons. The second-order valence-corrected chi connectivity index (χ2v) is 7.00. The van der Waals surface area contributed by atoms with E-state index in [2.05, 4.69) is 33.0 Å². The molecule has 1 aliphatic rings. The van der Waals surface area contributed by atoms with E-state index in [9.17, 15) is 4.79 Å². The van der Waals surface area contributed by atoms with Gasteiger partial charge in [-0.05, 0) is 18.2 Å². The van der Waals surface area contributed by atoms with E-state index < -0.39 is 0 Å². The standard InChI is InChI=1S/C20H21N7O/c1-3-17-23-18-14(12-21-25(18)2)19(24-17)26-10-8-13(9-11-26)27-16-7-5-4-6-15(16)22-20(27)28/h4-8,12H,3,9-11H2,1-2H3,(H,22,28). The summed E-state index contributed by atoms with van der Waals surface area (Å²) in [6, 6.07) is 7.78. The van der Waals surface area contributed by atoms with Crippen molar-refractivity contribution in [1.29, 1.82) is 0 Å². The van der Waals surface area contributed by atoms with E-state index in [1.807, 2.05) is 37.5 Å². The maximum Gasteiger partial charge on any atom is 0.330 e. The first-order valence-corrected chi connectivity index (χ1v) is 9.48. The first-order valence-electron chi connectivity index (χ1n) is 9.48. The van der Waals surface area contributed by atoms with Gasteiger partial charge in [-0.1, -0.05) is 19.1 Å². The van der Waals surface area contributed by atoms with Gasteiger partial charge in [-0.2, -0.15) is 5.10 Å². The third-order valence-electron chi connectivity index (χ3n) is 5.30. The Bertz CT molecular complexity index is 1280. The van der Waals surface area contributed by atoms with Crippen molar-refractivity contribution in [3.05, 3.63) is 52.8 Å². The molecule has 3 aromatic heterocycles. The summed E-state index contributed by atoms with van der Waals surface area (Å²) in [6.45, 7) is 3.52. The van der Waals surface area contributed by atoms with Crippen molar-refractivity contribution in [2.75, 3.05) is 18.0 Å². The van der Waals surface area contributed by atoms with E-state index in [1.165, 1.54) is 0 Å². The number of hydrogen-bond acceptors (Lipinski definition) is 5. The van der Waals surface area contributed by atoms with Gasteiger partial charge in [0.05, 0.1) is 22.6 Å². The van der Waals surface area contributed by atoms with E-state index in [0.717, 1.165) is 58.8 Å². The molecule has 28 heavy (non-hydrogen) atoms. The predicted molar refractivity (Wildman–Crippen MR) is 109 cm³/mol. The Morgan fingerprint density at radius 3 is 2.86 bits per heavy atom. The smallest absolute Gasteiger partial charge is 0.330 e. The van der Waals surface area contributed by atoms with Gasteiger partial charge in [0.1, 0.15) is 11.6 Å². The quantitative estimate of drug-likeness (QED) is 0.594. The Morgan fingerprint density at radius 1 is 1.21 bits per heavy atom. The highest BCUT2D eigenvalue weighted by molar-refractivity contribution is 5.87. The number of nitrogens with one attached hydrogen (secondary N) is 1. The molecule has 0 radical (unpaired) electrons. The van der Waals surface area contributed by atoms with Crippen LogP contribution in [-0.4, -0.2) is 42.4 Å². The number of hydrogen-bond donors (Lipinski definition) is 1. The molecule has 0 aliphatic carbocycles. The van der Waals surface area contributed by atoms with Gasteiger partial charge in [-0.15, -0.1) is 0 Å². The second-order valence-electron chi connectivity index (χ2n) is 7.00. The zero-order valence-corrected chi connectivity index (χ0v) is 15.9. The summed E-state index contributed by atoms with van der Waals surface area (Å²) in [5.74, 6) is 1.73. The molecule has 0 fully saturated rings. The molecular formula is C20H21N7O. The fraction of sp³-hybridized carbons (Fsp3) is 0.300. The fourth-order valence-corrected chi connectivity index (χ4v) is 3.84. The minimum atomic E-state index is -0.0918. The van der Waals surface area contributed by atoms with Gasteiger partial charge in [0.25, 0.3) is 0 Å². The summed E-state index contributed by atoms with van der Waals surface area (Å²) in [5.41, 5.74) is 3.55. The zero-order chi connectivity index (χ0) is 19.3. The molecule has 4 heterocycles. The number of rotatable bonds is 3. The van der Waals surface area contributed by atoms with Crippen molar-refractivity contribution in [3.8, 4) is 0 Å². The summed E-state index contributed by atoms with van der Waals surface area (Å²) in [5, 5.41) is 5.31. The summed E-state index contributed by atoms with van der Waals surface area (Å²) in [6.07, 6.45) is 5.47. The number of aromatic nitrogens is 6. The van der Waals surface area contributed by atoms with Gasteiger partial charge in [0.15, 0.2) is 5.65 Å². The lowest BCUT2D eigenvalue weighted by Gasteiger charge is -2.28. The highest BCUT2D eigenvalue weighted by atomic mass is 16.1. The molecule has 8 nitrogen and oxygen atoms in total. The molecule has 0 amide bonds. The molecule has 0 atom stereocenters. The first kappa shape index (κ1) is 16.7. The van der Waals surface area contributed by atoms with Gasteiger partial charge in [-0.3, -0.25) is 9.25 Å². The molecule has 0 saturated heterocycles. The zero-order valence-electron chi connectivity index (χ0n) is 15.9. The van der Waals surface area contributed by atoms with Crippen molar-refractivity contribution in [2.24, 2.45) is 7.05 Å². The van der Waals surface area contributed by atoms with Crippen LogP contribution in [0.15, 0.2) is 41.3 Å². The lowest BCUT2D eigenvalue weighted by Crippen LogP contribution is -2.32. The van der Waals surface area contributed by atoms with Crippen molar-refractivity contribution < 1.29 is 0 Å². The molecular weight excluding hydrogens is 354 g/mol. The first-order chi connectivity index (χ1) is 13.7. The van der Waals surface area contributed by atoms with Crippen LogP contribution in [0.1, 0.15) is 19.2 Å². The minimum absolute atomic E-state index is 0.0918. The maximum atomic E-state index is 12.5. The normalized spacial score (nSPS) is 14.8. The number of nitrogens with zero attached hydrogens (tertiary/aromatic N) is 6. The van der Waals surface area contributed by atoms with Crippen LogP contribution < -0.4 is 10.6 Å². The van der Waals surface area contributed by atoms with Crippen LogP contribution in [0.3, 0.4) is 0 Å². The van der Waals surface area contributed by atoms with Crippen LogP contribution in [0.4, 0.5) is 5.82 Å². The summed E-state index contributed by atoms with van der Waals surface area (Å²) in [7, 11) is 1.90. The lowest BCUT2D eigenvalue weighted by molar-refractivity contribution is 0.769. The Hall–Kier alpha value is -3.42. The van der Waals surface area contributed by atoms with E-state index >= 15 is 0 Å². The van der Waals surface area contributed by atoms with Crippen LogP contribution in [-0.2, 0) is 13.5 Å². The van der Waals surface area contributed by atoms with Crippen molar-refractivity contribution in [2.45, 2.75) is 19.8 Å². The lowest BCUT2D eigenvalue weighted by atomic mass is 10.1. The minimum Gasteiger partial charge on any atom is -0.352 e. The van der Waals surface area contributed by atoms with Crippen LogP contribution in [0.25, 0.3) is 27.8 Å². The average molecular weight is 375 g/mol. The predicted octanol–water partition coefficient (Wildman–Crippen LogP) is 2.32. The SMILES string of the molecule is CCc1nc(N2CC=C(n3c(=O)[nH]c4ccccc43)CC2)c2cnn(C)c2n1. The number of H-pyrrole nitrogens is 1. The second kappa shape index (κ2) is 6.33. The Morgan fingerprint density at radius 2 is 2.07 bits per heavy atom. The number of imidazole rings is 1. The number of benzene rings is 1. The number of aryl methyl sites for hydroxylation is 2. The topological polar surface area (TPSA) is 84.6 Å². The van der Waals surface area contributed by atoms with Gasteiger partial charge in [0.2, 0.25) is 0 Å². The average Bonchev–Trinajstić information content (AvgIpc) is 3.26. The third kappa shape index (κ3) is 2.52. The highest BCUT2D eigenvalue weighted by Crippen LogP contribution is 2.27. The molecule has 1 aliphatic heterocycles. The molecule has 0 bridgehead atoms. The largest absolute Gasteiger partial charge is 0.352 e. The molecule has 8 heteroatoms.